The van der Waals surface area contributed by atoms with E-state index in [0.717, 1.165) is 0 Å². The summed E-state index contributed by atoms with van der Waals surface area (Å²) in [4.78, 5) is 10.8. The van der Waals surface area contributed by atoms with Gasteiger partial charge in [-0.1, -0.05) is 6.08 Å². The molecule has 68 valence electrons. The molecule has 2 heteroatoms. The number of hydrogen-bond donors (Lipinski definition) is 0. The van der Waals surface area contributed by atoms with Crippen LogP contribution in [0.4, 0.5) is 0 Å². The molecule has 0 spiro atoms. The molecule has 0 fully saturated rings. The van der Waals surface area contributed by atoms with Gasteiger partial charge in [-0.3, -0.25) is 4.79 Å². The average molecular weight is 168 g/mol. The smallest absolute Gasteiger partial charge is 0.132 e. The van der Waals surface area contributed by atoms with Gasteiger partial charge < -0.3 is 4.74 Å². The van der Waals surface area contributed by atoms with Crippen LogP contribution in [0.2, 0.25) is 0 Å². The van der Waals surface area contributed by atoms with E-state index in [1.54, 1.807) is 6.92 Å². The van der Waals surface area contributed by atoms with Gasteiger partial charge in [0.25, 0.3) is 0 Å². The first kappa shape index (κ1) is 9.46. The summed E-state index contributed by atoms with van der Waals surface area (Å²) in [6.45, 7) is 7.64. The number of carbonyl (C=O) groups is 1. The number of Topliss-reactive ketones (excluding diaryl/α,β-unsaturated/α-hetero) is 1. The molecule has 0 aliphatic carbocycles. The van der Waals surface area contributed by atoms with Crippen molar-refractivity contribution in [1.29, 1.82) is 0 Å². The molecule has 0 bridgehead atoms. The van der Waals surface area contributed by atoms with Crippen LogP contribution in [-0.2, 0) is 9.53 Å². The van der Waals surface area contributed by atoms with Crippen molar-refractivity contribution in [3.63, 3.8) is 0 Å². The molecule has 0 N–H and O–H groups in total. The van der Waals surface area contributed by atoms with E-state index >= 15 is 0 Å². The lowest BCUT2D eigenvalue weighted by atomic mass is 10.1. The fraction of sp³-hybridized carbons (Fsp3) is 0.700. The summed E-state index contributed by atoms with van der Waals surface area (Å²) in [5, 5.41) is 0. The highest BCUT2D eigenvalue weighted by molar-refractivity contribution is 5.76. The van der Waals surface area contributed by atoms with Gasteiger partial charge in [-0.15, -0.1) is 0 Å². The van der Waals surface area contributed by atoms with Gasteiger partial charge in [0.2, 0.25) is 0 Å². The van der Waals surface area contributed by atoms with E-state index in [-0.39, 0.29) is 17.5 Å². The van der Waals surface area contributed by atoms with E-state index < -0.39 is 0 Å². The molecule has 0 aromatic rings. The molecule has 0 saturated carbocycles. The SMILES string of the molecule is CC(=O)CC1OC(C)(C)C=C1C. The highest BCUT2D eigenvalue weighted by Crippen LogP contribution is 2.29. The van der Waals surface area contributed by atoms with Gasteiger partial charge in [0.15, 0.2) is 0 Å². The normalized spacial score (nSPS) is 27.0. The molecular formula is C10H16O2. The molecule has 1 rings (SSSR count). The highest BCUT2D eigenvalue weighted by atomic mass is 16.5. The molecule has 1 atom stereocenters. The lowest BCUT2D eigenvalue weighted by molar-refractivity contribution is -0.120. The standard InChI is InChI=1S/C10H16O2/c1-7-6-10(3,4)12-9(7)5-8(2)11/h6,9H,5H2,1-4H3. The Morgan fingerprint density at radius 1 is 1.67 bits per heavy atom. The number of ketones is 1. The van der Waals surface area contributed by atoms with Crippen LogP contribution in [0.15, 0.2) is 11.6 Å². The lowest BCUT2D eigenvalue weighted by Gasteiger charge is -2.19. The Hall–Kier alpha value is -0.630. The maximum absolute atomic E-state index is 10.8. The second-order valence-electron chi connectivity index (χ2n) is 4.00. The Labute approximate surface area is 73.6 Å². The maximum Gasteiger partial charge on any atom is 0.132 e. The largest absolute Gasteiger partial charge is 0.363 e. The van der Waals surface area contributed by atoms with Crippen LogP contribution >= 0.6 is 0 Å². The van der Waals surface area contributed by atoms with Crippen LogP contribution in [0.25, 0.3) is 0 Å². The summed E-state index contributed by atoms with van der Waals surface area (Å²) >= 11 is 0. The minimum Gasteiger partial charge on any atom is -0.363 e. The molecule has 1 heterocycles. The van der Waals surface area contributed by atoms with Crippen molar-refractivity contribution in [1.82, 2.24) is 0 Å². The Kier molecular flexibility index (Phi) is 2.38. The van der Waals surface area contributed by atoms with Crippen molar-refractivity contribution < 1.29 is 9.53 Å². The van der Waals surface area contributed by atoms with Crippen LogP contribution in [0.5, 0.6) is 0 Å². The van der Waals surface area contributed by atoms with E-state index in [0.29, 0.717) is 6.42 Å². The molecule has 1 unspecified atom stereocenters. The Morgan fingerprint density at radius 3 is 2.58 bits per heavy atom. The van der Waals surface area contributed by atoms with Gasteiger partial charge in [0.05, 0.1) is 11.7 Å². The molecular weight excluding hydrogens is 152 g/mol. The van der Waals surface area contributed by atoms with Gasteiger partial charge in [-0.25, -0.2) is 0 Å². The van der Waals surface area contributed by atoms with Crippen molar-refractivity contribution in [2.24, 2.45) is 0 Å². The number of hydrogen-bond acceptors (Lipinski definition) is 2. The molecule has 0 saturated heterocycles. The van der Waals surface area contributed by atoms with Crippen LogP contribution in [-0.4, -0.2) is 17.5 Å². The molecule has 0 amide bonds. The maximum atomic E-state index is 10.8. The molecule has 1 aliphatic heterocycles. The molecule has 0 radical (unpaired) electrons. The third-order valence-corrected chi connectivity index (χ3v) is 2.00. The summed E-state index contributed by atoms with van der Waals surface area (Å²) in [5.41, 5.74) is 0.986. The monoisotopic (exact) mass is 168 g/mol. The van der Waals surface area contributed by atoms with Crippen molar-refractivity contribution in [2.75, 3.05) is 0 Å². The zero-order valence-corrected chi connectivity index (χ0v) is 8.18. The molecule has 2 nitrogen and oxygen atoms in total. The first-order chi connectivity index (χ1) is 5.41. The van der Waals surface area contributed by atoms with Crippen LogP contribution in [0.1, 0.15) is 34.1 Å². The van der Waals surface area contributed by atoms with Gasteiger partial charge in [0.1, 0.15) is 5.78 Å². The quantitative estimate of drug-likeness (QED) is 0.590. The zero-order chi connectivity index (χ0) is 9.35. The van der Waals surface area contributed by atoms with E-state index in [9.17, 15) is 4.79 Å². The predicted octanol–water partition coefficient (Wildman–Crippen LogP) is 2.09. The van der Waals surface area contributed by atoms with E-state index in [4.69, 9.17) is 4.74 Å². The second-order valence-corrected chi connectivity index (χ2v) is 4.00. The van der Waals surface area contributed by atoms with Crippen LogP contribution in [0.3, 0.4) is 0 Å². The zero-order valence-electron chi connectivity index (χ0n) is 8.18. The predicted molar refractivity (Wildman–Crippen MR) is 48.0 cm³/mol. The Balaban J connectivity index is 2.63. The van der Waals surface area contributed by atoms with Crippen LogP contribution in [0, 0.1) is 0 Å². The summed E-state index contributed by atoms with van der Waals surface area (Å²) in [5.74, 6) is 0.186. The molecule has 0 aromatic heterocycles. The summed E-state index contributed by atoms with van der Waals surface area (Å²) < 4.78 is 5.66. The van der Waals surface area contributed by atoms with E-state index in [2.05, 4.69) is 6.08 Å². The van der Waals surface area contributed by atoms with Crippen LogP contribution < -0.4 is 0 Å². The second kappa shape index (κ2) is 3.02. The third kappa shape index (κ3) is 2.18. The topological polar surface area (TPSA) is 26.3 Å². The van der Waals surface area contributed by atoms with Gasteiger partial charge in [-0.2, -0.15) is 0 Å². The summed E-state index contributed by atoms with van der Waals surface area (Å²) in [7, 11) is 0. The molecule has 0 aromatic carbocycles. The fourth-order valence-corrected chi connectivity index (χ4v) is 1.60. The van der Waals surface area contributed by atoms with E-state index in [1.807, 2.05) is 20.8 Å². The summed E-state index contributed by atoms with van der Waals surface area (Å²) in [6.07, 6.45) is 2.60. The Bertz CT molecular complexity index is 226. The summed E-state index contributed by atoms with van der Waals surface area (Å²) in [6, 6.07) is 0. The van der Waals surface area contributed by atoms with E-state index in [1.165, 1.54) is 5.57 Å². The third-order valence-electron chi connectivity index (χ3n) is 2.00. The number of rotatable bonds is 2. The average Bonchev–Trinajstić information content (AvgIpc) is 2.03. The van der Waals surface area contributed by atoms with Gasteiger partial charge >= 0.3 is 0 Å². The van der Waals surface area contributed by atoms with Gasteiger partial charge in [-0.05, 0) is 33.3 Å². The number of ether oxygens (including phenoxy) is 1. The van der Waals surface area contributed by atoms with Crippen molar-refractivity contribution in [3.8, 4) is 0 Å². The minimum absolute atomic E-state index is 0.0116. The fourth-order valence-electron chi connectivity index (χ4n) is 1.60. The number of carbonyl (C=O) groups excluding carboxylic acids is 1. The van der Waals surface area contributed by atoms with Crippen molar-refractivity contribution in [3.05, 3.63) is 11.6 Å². The first-order valence-electron chi connectivity index (χ1n) is 4.27. The van der Waals surface area contributed by atoms with Crippen molar-refractivity contribution >= 4 is 5.78 Å². The molecule has 1 aliphatic rings. The van der Waals surface area contributed by atoms with Gasteiger partial charge in [0, 0.05) is 6.42 Å². The molecule has 12 heavy (non-hydrogen) atoms. The first-order valence-corrected chi connectivity index (χ1v) is 4.27. The minimum atomic E-state index is -0.190. The highest BCUT2D eigenvalue weighted by Gasteiger charge is 2.30. The lowest BCUT2D eigenvalue weighted by Crippen LogP contribution is -2.22. The van der Waals surface area contributed by atoms with Crippen molar-refractivity contribution in [2.45, 2.75) is 45.8 Å². The Morgan fingerprint density at radius 2 is 2.25 bits per heavy atom.